The van der Waals surface area contributed by atoms with Crippen molar-refractivity contribution >= 4 is 5.96 Å². The van der Waals surface area contributed by atoms with Crippen LogP contribution in [0.5, 0.6) is 0 Å². The molecule has 6 heteroatoms. The van der Waals surface area contributed by atoms with E-state index in [4.69, 9.17) is 10.5 Å². The fourth-order valence-electron chi connectivity index (χ4n) is 3.41. The number of piperidine rings is 1. The van der Waals surface area contributed by atoms with Gasteiger partial charge < -0.3 is 15.4 Å². The summed E-state index contributed by atoms with van der Waals surface area (Å²) in [6.07, 6.45) is 3.64. The number of morpholine rings is 1. The maximum Gasteiger partial charge on any atom is 0.191 e. The lowest BCUT2D eigenvalue weighted by atomic mass is 10.0. The highest BCUT2D eigenvalue weighted by Crippen LogP contribution is 2.23. The molecule has 1 atom stereocenters. The van der Waals surface area contributed by atoms with Crippen molar-refractivity contribution in [2.24, 2.45) is 10.7 Å². The van der Waals surface area contributed by atoms with E-state index in [0.29, 0.717) is 12.5 Å². The third-order valence-corrected chi connectivity index (χ3v) is 4.85. The fraction of sp³-hybridized carbons (Fsp3) is 0.611. The van der Waals surface area contributed by atoms with Crippen LogP contribution in [0, 0.1) is 5.82 Å². The van der Waals surface area contributed by atoms with Gasteiger partial charge in [0.05, 0.1) is 25.8 Å². The molecule has 1 aromatic rings. The molecule has 0 saturated carbocycles. The predicted octanol–water partition coefficient (Wildman–Crippen LogP) is 2.00. The maximum absolute atomic E-state index is 13.3. The summed E-state index contributed by atoms with van der Waals surface area (Å²) in [5.74, 6) is 0.422. The van der Waals surface area contributed by atoms with E-state index < -0.39 is 0 Å². The monoisotopic (exact) mass is 334 g/mol. The molecule has 2 N–H and O–H groups in total. The van der Waals surface area contributed by atoms with Gasteiger partial charge in [0, 0.05) is 26.2 Å². The van der Waals surface area contributed by atoms with E-state index in [1.165, 1.54) is 31.4 Å². The Morgan fingerprint density at radius 3 is 2.42 bits per heavy atom. The molecule has 0 radical (unpaired) electrons. The number of nitrogens with two attached hydrogens (primary N) is 1. The molecule has 0 spiro atoms. The van der Waals surface area contributed by atoms with Gasteiger partial charge in [-0.05, 0) is 37.0 Å². The van der Waals surface area contributed by atoms with Crippen molar-refractivity contribution in [1.82, 2.24) is 9.80 Å². The van der Waals surface area contributed by atoms with Gasteiger partial charge in [-0.15, -0.1) is 0 Å². The topological polar surface area (TPSA) is 54.1 Å². The Bertz CT molecular complexity index is 536. The maximum atomic E-state index is 13.3. The van der Waals surface area contributed by atoms with Gasteiger partial charge in [-0.3, -0.25) is 9.89 Å². The van der Waals surface area contributed by atoms with Crippen LogP contribution in [0.1, 0.15) is 30.9 Å². The second-order valence-electron chi connectivity index (χ2n) is 6.46. The first-order chi connectivity index (χ1) is 11.7. The highest BCUT2D eigenvalue weighted by atomic mass is 19.1. The second kappa shape index (κ2) is 8.44. The van der Waals surface area contributed by atoms with Crippen LogP contribution < -0.4 is 5.73 Å². The first-order valence-electron chi connectivity index (χ1n) is 8.86. The van der Waals surface area contributed by atoms with E-state index in [-0.39, 0.29) is 11.9 Å². The van der Waals surface area contributed by atoms with Gasteiger partial charge in [0.1, 0.15) is 5.82 Å². The zero-order chi connectivity index (χ0) is 16.8. The van der Waals surface area contributed by atoms with Crippen LogP contribution >= 0.6 is 0 Å². The number of aliphatic imine (C=N–C) groups is 1. The highest BCUT2D eigenvalue weighted by molar-refractivity contribution is 5.78. The summed E-state index contributed by atoms with van der Waals surface area (Å²) < 4.78 is 18.7. The van der Waals surface area contributed by atoms with Crippen molar-refractivity contribution in [3.8, 4) is 0 Å². The number of hydrogen-bond donors (Lipinski definition) is 1. The zero-order valence-electron chi connectivity index (χ0n) is 14.2. The molecule has 5 nitrogen and oxygen atoms in total. The number of ether oxygens (including phenoxy) is 1. The summed E-state index contributed by atoms with van der Waals surface area (Å²) >= 11 is 0. The van der Waals surface area contributed by atoms with Crippen molar-refractivity contribution in [3.63, 3.8) is 0 Å². The lowest BCUT2D eigenvalue weighted by molar-refractivity contribution is 0.0179. The minimum Gasteiger partial charge on any atom is -0.379 e. The molecule has 1 unspecified atom stereocenters. The van der Waals surface area contributed by atoms with E-state index in [2.05, 4.69) is 14.8 Å². The predicted molar refractivity (Wildman–Crippen MR) is 93.4 cm³/mol. The summed E-state index contributed by atoms with van der Waals surface area (Å²) in [7, 11) is 0. The molecule has 0 amide bonds. The number of likely N-dealkylation sites (tertiary alicyclic amines) is 1. The summed E-state index contributed by atoms with van der Waals surface area (Å²) in [6.45, 7) is 5.75. The Morgan fingerprint density at radius 2 is 1.75 bits per heavy atom. The Hall–Kier alpha value is -1.66. The molecule has 2 saturated heterocycles. The Labute approximate surface area is 143 Å². The van der Waals surface area contributed by atoms with Gasteiger partial charge in [-0.1, -0.05) is 12.1 Å². The number of rotatable bonds is 4. The number of benzene rings is 1. The van der Waals surface area contributed by atoms with E-state index >= 15 is 0 Å². The van der Waals surface area contributed by atoms with Gasteiger partial charge in [-0.25, -0.2) is 4.39 Å². The van der Waals surface area contributed by atoms with Crippen LogP contribution in [-0.4, -0.2) is 61.7 Å². The molecule has 0 bridgehead atoms. The van der Waals surface area contributed by atoms with Crippen LogP contribution in [0.25, 0.3) is 0 Å². The van der Waals surface area contributed by atoms with Crippen LogP contribution in [-0.2, 0) is 4.74 Å². The number of nitrogens with zero attached hydrogens (tertiary/aromatic N) is 3. The molecule has 2 heterocycles. The first kappa shape index (κ1) is 17.2. The number of hydrogen-bond acceptors (Lipinski definition) is 3. The molecular formula is C18H27FN4O. The van der Waals surface area contributed by atoms with Crippen LogP contribution in [0.2, 0.25) is 0 Å². The largest absolute Gasteiger partial charge is 0.379 e. The molecule has 2 aliphatic heterocycles. The molecular weight excluding hydrogens is 307 g/mol. The molecule has 132 valence electrons. The van der Waals surface area contributed by atoms with E-state index in [9.17, 15) is 4.39 Å². The van der Waals surface area contributed by atoms with Gasteiger partial charge in [-0.2, -0.15) is 0 Å². The molecule has 0 aliphatic carbocycles. The van der Waals surface area contributed by atoms with Gasteiger partial charge >= 0.3 is 0 Å². The molecule has 2 aliphatic rings. The van der Waals surface area contributed by atoms with Crippen molar-refractivity contribution in [1.29, 1.82) is 0 Å². The second-order valence-corrected chi connectivity index (χ2v) is 6.46. The third kappa shape index (κ3) is 4.45. The fourth-order valence-corrected chi connectivity index (χ4v) is 3.41. The highest BCUT2D eigenvalue weighted by Gasteiger charge is 2.23. The molecule has 1 aromatic carbocycles. The Kier molecular flexibility index (Phi) is 6.04. The summed E-state index contributed by atoms with van der Waals surface area (Å²) in [5, 5.41) is 0. The normalized spacial score (nSPS) is 21.7. The average molecular weight is 334 g/mol. The quantitative estimate of drug-likeness (QED) is 0.676. The molecule has 2 fully saturated rings. The van der Waals surface area contributed by atoms with Crippen molar-refractivity contribution in [3.05, 3.63) is 35.6 Å². The minimum absolute atomic E-state index is 0.109. The van der Waals surface area contributed by atoms with Crippen molar-refractivity contribution in [2.45, 2.75) is 25.3 Å². The Balaban J connectivity index is 1.72. The van der Waals surface area contributed by atoms with E-state index in [1.54, 1.807) is 0 Å². The van der Waals surface area contributed by atoms with Gasteiger partial charge in [0.2, 0.25) is 0 Å². The summed E-state index contributed by atoms with van der Waals surface area (Å²) in [4.78, 5) is 9.19. The summed E-state index contributed by atoms with van der Waals surface area (Å²) in [6, 6.07) is 6.84. The van der Waals surface area contributed by atoms with Crippen LogP contribution in [0.3, 0.4) is 0 Å². The van der Waals surface area contributed by atoms with Crippen LogP contribution in [0.15, 0.2) is 29.3 Å². The third-order valence-electron chi connectivity index (χ3n) is 4.85. The Morgan fingerprint density at radius 1 is 1.08 bits per heavy atom. The lowest BCUT2D eigenvalue weighted by Crippen LogP contribution is -2.43. The number of halogens is 1. The van der Waals surface area contributed by atoms with Gasteiger partial charge in [0.15, 0.2) is 5.96 Å². The standard InChI is InChI=1S/C18H27FN4O/c19-16-6-4-15(5-7-16)17(22-10-12-24-13-11-22)14-21-18(20)23-8-2-1-3-9-23/h4-7,17H,1-3,8-14H2,(H2,20,21). The molecule has 24 heavy (non-hydrogen) atoms. The molecule has 3 rings (SSSR count). The SMILES string of the molecule is NC(=NCC(c1ccc(F)cc1)N1CCOCC1)N1CCCCC1. The van der Waals surface area contributed by atoms with Crippen molar-refractivity contribution in [2.75, 3.05) is 45.9 Å². The van der Waals surface area contributed by atoms with Crippen molar-refractivity contribution < 1.29 is 9.13 Å². The first-order valence-corrected chi connectivity index (χ1v) is 8.86. The van der Waals surface area contributed by atoms with Gasteiger partial charge in [0.25, 0.3) is 0 Å². The average Bonchev–Trinajstić information content (AvgIpc) is 2.65. The molecule has 0 aromatic heterocycles. The summed E-state index contributed by atoms with van der Waals surface area (Å²) in [5.41, 5.74) is 7.28. The van der Waals surface area contributed by atoms with E-state index in [0.717, 1.165) is 45.0 Å². The van der Waals surface area contributed by atoms with Crippen LogP contribution in [0.4, 0.5) is 4.39 Å². The minimum atomic E-state index is -0.212. The lowest BCUT2D eigenvalue weighted by Gasteiger charge is -2.34. The number of guanidine groups is 1. The zero-order valence-corrected chi connectivity index (χ0v) is 14.2. The van der Waals surface area contributed by atoms with E-state index in [1.807, 2.05) is 12.1 Å². The smallest absolute Gasteiger partial charge is 0.191 e.